The first-order valence-corrected chi connectivity index (χ1v) is 10.6. The zero-order valence-corrected chi connectivity index (χ0v) is 17.4. The summed E-state index contributed by atoms with van der Waals surface area (Å²) in [5.41, 5.74) is 8.28. The van der Waals surface area contributed by atoms with Crippen LogP contribution in [-0.2, 0) is 4.74 Å². The number of rotatable bonds is 3. The molecule has 4 aromatic rings. The molecule has 4 heterocycles. The Balaban J connectivity index is 1.54. The number of anilines is 2. The zero-order valence-electron chi connectivity index (χ0n) is 15.8. The molecule has 9 heteroatoms. The minimum Gasteiger partial charge on any atom is -0.383 e. The monoisotopic (exact) mass is 441 g/mol. The number of hydrogen-bond donors (Lipinski definition) is 1. The molecule has 152 valence electrons. The second-order valence-corrected chi connectivity index (χ2v) is 8.32. The van der Waals surface area contributed by atoms with Gasteiger partial charge in [-0.15, -0.1) is 0 Å². The average molecular weight is 442 g/mol. The van der Waals surface area contributed by atoms with Crippen LogP contribution in [0.2, 0.25) is 5.02 Å². The molecular weight excluding hydrogens is 425 g/mol. The molecule has 1 aliphatic rings. The highest BCUT2D eigenvalue weighted by Crippen LogP contribution is 2.36. The molecule has 1 saturated heterocycles. The lowest BCUT2D eigenvalue weighted by molar-refractivity contribution is 0.122. The van der Waals surface area contributed by atoms with Crippen LogP contribution in [0.3, 0.4) is 0 Å². The van der Waals surface area contributed by atoms with Gasteiger partial charge in [-0.05, 0) is 24.3 Å². The summed E-state index contributed by atoms with van der Waals surface area (Å²) in [7, 11) is 0. The van der Waals surface area contributed by atoms with Gasteiger partial charge in [0.2, 0.25) is 0 Å². The lowest BCUT2D eigenvalue weighted by Crippen LogP contribution is -2.36. The number of nitrogens with zero attached hydrogens (tertiary/aromatic N) is 4. The smallest absolute Gasteiger partial charge is 0.186 e. The fourth-order valence-corrected chi connectivity index (χ4v) is 4.60. The molecule has 2 N–H and O–H groups in total. The standard InChI is InChI=1S/C21H17ClFN5OS/c22-16-1-2-17(23)15-10-25-18(8-13(15)16)14-7-12(9-26-20(14)24)19-11-27-21(30-19)28-3-5-29-6-4-28/h1-2,7-11H,3-6H2,(H2,24,26). The molecule has 0 amide bonds. The SMILES string of the molecule is Nc1ncc(-c2cnc(N3CCOCC3)s2)cc1-c1cc2c(Cl)ccc(F)c2cn1. The number of thiazole rings is 1. The first-order chi connectivity index (χ1) is 14.6. The van der Waals surface area contributed by atoms with E-state index < -0.39 is 0 Å². The van der Waals surface area contributed by atoms with Crippen LogP contribution in [0.25, 0.3) is 32.5 Å². The molecule has 0 saturated carbocycles. The average Bonchev–Trinajstić information content (AvgIpc) is 3.27. The molecular formula is C21H17ClFN5OS. The molecule has 1 aromatic carbocycles. The Kier molecular flexibility index (Phi) is 4.98. The van der Waals surface area contributed by atoms with Crippen LogP contribution in [0.4, 0.5) is 15.3 Å². The molecule has 0 atom stereocenters. The molecule has 6 nitrogen and oxygen atoms in total. The van der Waals surface area contributed by atoms with Gasteiger partial charge in [-0.1, -0.05) is 22.9 Å². The van der Waals surface area contributed by atoms with Crippen molar-refractivity contribution < 1.29 is 9.13 Å². The largest absolute Gasteiger partial charge is 0.383 e. The number of hydrogen-bond acceptors (Lipinski definition) is 7. The number of morpholine rings is 1. The van der Waals surface area contributed by atoms with Gasteiger partial charge in [0.25, 0.3) is 0 Å². The van der Waals surface area contributed by atoms with Crippen LogP contribution in [-0.4, -0.2) is 41.3 Å². The fourth-order valence-electron chi connectivity index (χ4n) is 3.43. The predicted octanol–water partition coefficient (Wildman–Crippen LogP) is 4.63. The van der Waals surface area contributed by atoms with Crippen molar-refractivity contribution >= 4 is 44.7 Å². The summed E-state index contributed by atoms with van der Waals surface area (Å²) in [5, 5.41) is 2.36. The van der Waals surface area contributed by atoms with E-state index in [1.54, 1.807) is 23.6 Å². The van der Waals surface area contributed by atoms with Gasteiger partial charge in [-0.2, -0.15) is 0 Å². The van der Waals surface area contributed by atoms with Gasteiger partial charge in [0.15, 0.2) is 5.13 Å². The Morgan fingerprint density at radius 3 is 2.70 bits per heavy atom. The van der Waals surface area contributed by atoms with Gasteiger partial charge in [-0.3, -0.25) is 4.98 Å². The summed E-state index contributed by atoms with van der Waals surface area (Å²) in [6, 6.07) is 6.54. The van der Waals surface area contributed by atoms with Gasteiger partial charge >= 0.3 is 0 Å². The van der Waals surface area contributed by atoms with Crippen LogP contribution >= 0.6 is 22.9 Å². The third-order valence-corrected chi connectivity index (χ3v) is 6.49. The van der Waals surface area contributed by atoms with Crippen molar-refractivity contribution in [2.24, 2.45) is 0 Å². The summed E-state index contributed by atoms with van der Waals surface area (Å²) in [6.45, 7) is 3.07. The van der Waals surface area contributed by atoms with Gasteiger partial charge in [0, 0.05) is 58.6 Å². The Hall–Kier alpha value is -2.81. The number of aromatic nitrogens is 3. The highest BCUT2D eigenvalue weighted by molar-refractivity contribution is 7.18. The molecule has 0 unspecified atom stereocenters. The third-order valence-electron chi connectivity index (χ3n) is 5.05. The van der Waals surface area contributed by atoms with E-state index in [4.69, 9.17) is 22.1 Å². The number of fused-ring (bicyclic) bond motifs is 1. The highest BCUT2D eigenvalue weighted by atomic mass is 35.5. The molecule has 5 rings (SSSR count). The Bertz CT molecular complexity index is 1240. The molecule has 0 bridgehead atoms. The van der Waals surface area contributed by atoms with Gasteiger partial charge in [-0.25, -0.2) is 14.4 Å². The first kappa shape index (κ1) is 19.2. The molecule has 0 aliphatic carbocycles. The maximum absolute atomic E-state index is 14.1. The minimum atomic E-state index is -0.367. The van der Waals surface area contributed by atoms with Crippen LogP contribution in [0.1, 0.15) is 0 Å². The predicted molar refractivity (Wildman–Crippen MR) is 118 cm³/mol. The Morgan fingerprint density at radius 1 is 1.03 bits per heavy atom. The summed E-state index contributed by atoms with van der Waals surface area (Å²) >= 11 is 7.87. The maximum Gasteiger partial charge on any atom is 0.186 e. The summed E-state index contributed by atoms with van der Waals surface area (Å²) in [4.78, 5) is 16.5. The fraction of sp³-hybridized carbons (Fsp3) is 0.190. The first-order valence-electron chi connectivity index (χ1n) is 9.39. The number of halogens is 2. The van der Waals surface area contributed by atoms with E-state index in [0.717, 1.165) is 28.7 Å². The van der Waals surface area contributed by atoms with E-state index >= 15 is 0 Å². The summed E-state index contributed by atoms with van der Waals surface area (Å²) in [6.07, 6.45) is 5.04. The van der Waals surface area contributed by atoms with Crippen molar-refractivity contribution in [3.63, 3.8) is 0 Å². The highest BCUT2D eigenvalue weighted by Gasteiger charge is 2.17. The van der Waals surface area contributed by atoms with Gasteiger partial charge < -0.3 is 15.4 Å². The van der Waals surface area contributed by atoms with E-state index in [2.05, 4.69) is 19.9 Å². The number of pyridine rings is 2. The van der Waals surface area contributed by atoms with E-state index in [-0.39, 0.29) is 5.82 Å². The molecule has 1 aliphatic heterocycles. The van der Waals surface area contributed by atoms with Gasteiger partial charge in [0.05, 0.1) is 23.8 Å². The van der Waals surface area contributed by atoms with Crippen LogP contribution in [0, 0.1) is 5.82 Å². The normalized spacial score (nSPS) is 14.4. The minimum absolute atomic E-state index is 0.344. The Morgan fingerprint density at radius 2 is 1.87 bits per heavy atom. The summed E-state index contributed by atoms with van der Waals surface area (Å²) < 4.78 is 19.5. The van der Waals surface area contributed by atoms with Crippen molar-refractivity contribution in [3.8, 4) is 21.7 Å². The van der Waals surface area contributed by atoms with Crippen molar-refractivity contribution in [1.29, 1.82) is 0 Å². The van der Waals surface area contributed by atoms with Crippen molar-refractivity contribution in [2.75, 3.05) is 36.9 Å². The van der Waals surface area contributed by atoms with Crippen molar-refractivity contribution in [2.45, 2.75) is 0 Å². The van der Waals surface area contributed by atoms with E-state index in [9.17, 15) is 4.39 Å². The van der Waals surface area contributed by atoms with Gasteiger partial charge in [0.1, 0.15) is 11.6 Å². The lowest BCUT2D eigenvalue weighted by atomic mass is 10.1. The topological polar surface area (TPSA) is 77.2 Å². The van der Waals surface area contributed by atoms with Crippen LogP contribution < -0.4 is 10.6 Å². The van der Waals surface area contributed by atoms with Crippen molar-refractivity contribution in [1.82, 2.24) is 15.0 Å². The quantitative estimate of drug-likeness (QED) is 0.499. The number of nitrogen functional groups attached to an aromatic ring is 1. The second kappa shape index (κ2) is 7.79. The third kappa shape index (κ3) is 3.47. The molecule has 30 heavy (non-hydrogen) atoms. The molecule has 1 fully saturated rings. The molecule has 0 radical (unpaired) electrons. The van der Waals surface area contributed by atoms with Crippen LogP contribution in [0.15, 0.2) is 42.9 Å². The lowest BCUT2D eigenvalue weighted by Gasteiger charge is -2.25. The number of nitrogens with two attached hydrogens (primary N) is 1. The van der Waals surface area contributed by atoms with Crippen molar-refractivity contribution in [3.05, 3.63) is 53.7 Å². The van der Waals surface area contributed by atoms with E-state index in [0.29, 0.717) is 46.1 Å². The molecule has 3 aromatic heterocycles. The van der Waals surface area contributed by atoms with E-state index in [1.807, 2.05) is 12.3 Å². The Labute approximate surface area is 181 Å². The number of benzene rings is 1. The number of ether oxygens (including phenoxy) is 1. The molecule has 0 spiro atoms. The summed E-state index contributed by atoms with van der Waals surface area (Å²) in [5.74, 6) is -0.0235. The second-order valence-electron chi connectivity index (χ2n) is 6.91. The van der Waals surface area contributed by atoms with Crippen LogP contribution in [0.5, 0.6) is 0 Å². The zero-order chi connectivity index (χ0) is 20.7. The van der Waals surface area contributed by atoms with E-state index in [1.165, 1.54) is 18.3 Å². The maximum atomic E-state index is 14.1.